The van der Waals surface area contributed by atoms with Gasteiger partial charge in [-0.3, -0.25) is 0 Å². The van der Waals surface area contributed by atoms with Gasteiger partial charge >= 0.3 is 0 Å². The fourth-order valence-electron chi connectivity index (χ4n) is 1.12. The Bertz CT molecular complexity index is 281. The molecule has 0 saturated heterocycles. The van der Waals surface area contributed by atoms with E-state index in [1.165, 1.54) is 0 Å². The number of hydrazine groups is 1. The number of nitrogens with two attached hydrogens (primary N) is 1. The van der Waals surface area contributed by atoms with Gasteiger partial charge in [0.2, 0.25) is 0 Å². The van der Waals surface area contributed by atoms with Crippen molar-refractivity contribution in [1.82, 2.24) is 4.98 Å². The van der Waals surface area contributed by atoms with Crippen molar-refractivity contribution in [3.63, 3.8) is 0 Å². The molecule has 0 aliphatic carbocycles. The predicted molar refractivity (Wildman–Crippen MR) is 58.2 cm³/mol. The monoisotopic (exact) mass is 211 g/mol. The van der Waals surface area contributed by atoms with Crippen LogP contribution >= 0.6 is 0 Å². The smallest absolute Gasteiger partial charge is 0.140 e. The lowest BCUT2D eigenvalue weighted by Gasteiger charge is -2.05. The van der Waals surface area contributed by atoms with E-state index in [0.717, 1.165) is 18.7 Å². The minimum absolute atomic E-state index is 0.499. The van der Waals surface area contributed by atoms with Gasteiger partial charge in [-0.15, -0.1) is 0 Å². The average Bonchev–Trinajstić information content (AvgIpc) is 2.29. The summed E-state index contributed by atoms with van der Waals surface area (Å²) in [6.07, 6.45) is 0.894. The normalized spacial score (nSPS) is 10.3. The summed E-state index contributed by atoms with van der Waals surface area (Å²) in [5, 5.41) is 0. The molecule has 5 heteroatoms. The van der Waals surface area contributed by atoms with Crippen LogP contribution < -0.4 is 11.3 Å². The number of nitrogens with zero attached hydrogens (tertiary/aromatic N) is 1. The molecule has 0 radical (unpaired) electrons. The number of methoxy groups -OCH3 is 1. The molecule has 0 fully saturated rings. The maximum absolute atomic E-state index is 5.41. The van der Waals surface area contributed by atoms with Crippen molar-refractivity contribution < 1.29 is 9.47 Å². The van der Waals surface area contributed by atoms with Crippen molar-refractivity contribution >= 4 is 5.82 Å². The zero-order valence-electron chi connectivity index (χ0n) is 8.90. The SMILES string of the molecule is COCCCOCc1cccc(NN)n1. The second-order valence-electron chi connectivity index (χ2n) is 3.06. The molecule has 0 saturated carbocycles. The maximum Gasteiger partial charge on any atom is 0.140 e. The number of aromatic nitrogens is 1. The van der Waals surface area contributed by atoms with Gasteiger partial charge in [-0.05, 0) is 18.6 Å². The van der Waals surface area contributed by atoms with Crippen LogP contribution in [-0.4, -0.2) is 25.3 Å². The van der Waals surface area contributed by atoms with Crippen LogP contribution in [0, 0.1) is 0 Å². The summed E-state index contributed by atoms with van der Waals surface area (Å²) in [7, 11) is 1.68. The number of hydrogen-bond acceptors (Lipinski definition) is 5. The number of pyridine rings is 1. The summed E-state index contributed by atoms with van der Waals surface area (Å²) < 4.78 is 10.3. The molecule has 1 aromatic rings. The quantitative estimate of drug-likeness (QED) is 0.399. The Kier molecular flexibility index (Phi) is 5.69. The highest BCUT2D eigenvalue weighted by Gasteiger charge is 1.96. The summed E-state index contributed by atoms with van der Waals surface area (Å²) >= 11 is 0. The second-order valence-corrected chi connectivity index (χ2v) is 3.06. The van der Waals surface area contributed by atoms with Crippen molar-refractivity contribution in [1.29, 1.82) is 0 Å². The van der Waals surface area contributed by atoms with Gasteiger partial charge in [-0.2, -0.15) is 0 Å². The van der Waals surface area contributed by atoms with Gasteiger partial charge in [-0.1, -0.05) is 6.07 Å². The Morgan fingerprint density at radius 2 is 2.27 bits per heavy atom. The molecule has 1 rings (SSSR count). The van der Waals surface area contributed by atoms with E-state index in [0.29, 0.717) is 19.0 Å². The summed E-state index contributed by atoms with van der Waals surface area (Å²) in [6.45, 7) is 1.90. The molecule has 15 heavy (non-hydrogen) atoms. The molecule has 0 aliphatic heterocycles. The first-order chi connectivity index (χ1) is 7.36. The Morgan fingerprint density at radius 3 is 3.00 bits per heavy atom. The van der Waals surface area contributed by atoms with Crippen LogP contribution in [0.4, 0.5) is 5.82 Å². The summed E-state index contributed by atoms with van der Waals surface area (Å²) in [4.78, 5) is 4.22. The van der Waals surface area contributed by atoms with Gasteiger partial charge in [-0.25, -0.2) is 10.8 Å². The number of anilines is 1. The van der Waals surface area contributed by atoms with Crippen molar-refractivity contribution in [3.8, 4) is 0 Å². The molecule has 0 unspecified atom stereocenters. The lowest BCUT2D eigenvalue weighted by Crippen LogP contribution is -2.09. The molecule has 0 bridgehead atoms. The molecule has 1 aromatic heterocycles. The van der Waals surface area contributed by atoms with Crippen molar-refractivity contribution in [2.24, 2.45) is 5.84 Å². The van der Waals surface area contributed by atoms with Gasteiger partial charge in [0, 0.05) is 20.3 Å². The van der Waals surface area contributed by atoms with E-state index in [1.54, 1.807) is 13.2 Å². The van der Waals surface area contributed by atoms with E-state index < -0.39 is 0 Å². The molecule has 5 nitrogen and oxygen atoms in total. The van der Waals surface area contributed by atoms with E-state index in [4.69, 9.17) is 15.3 Å². The highest BCUT2D eigenvalue weighted by atomic mass is 16.5. The number of nitrogens with one attached hydrogen (secondary N) is 1. The zero-order valence-corrected chi connectivity index (χ0v) is 8.90. The van der Waals surface area contributed by atoms with Crippen molar-refractivity contribution in [2.75, 3.05) is 25.7 Å². The fraction of sp³-hybridized carbons (Fsp3) is 0.500. The molecule has 0 amide bonds. The Balaban J connectivity index is 2.24. The topological polar surface area (TPSA) is 69.4 Å². The number of ether oxygens (including phenoxy) is 2. The third-order valence-corrected chi connectivity index (χ3v) is 1.84. The third-order valence-electron chi connectivity index (χ3n) is 1.84. The Labute approximate surface area is 89.6 Å². The van der Waals surface area contributed by atoms with Crippen LogP contribution in [0.25, 0.3) is 0 Å². The van der Waals surface area contributed by atoms with Gasteiger partial charge in [0.1, 0.15) is 5.82 Å². The average molecular weight is 211 g/mol. The van der Waals surface area contributed by atoms with Crippen LogP contribution in [0.15, 0.2) is 18.2 Å². The summed E-state index contributed by atoms with van der Waals surface area (Å²) in [5.74, 6) is 5.89. The lowest BCUT2D eigenvalue weighted by molar-refractivity contribution is 0.0911. The molecule has 0 aliphatic rings. The van der Waals surface area contributed by atoms with E-state index in [-0.39, 0.29) is 0 Å². The van der Waals surface area contributed by atoms with E-state index in [9.17, 15) is 0 Å². The minimum atomic E-state index is 0.499. The fourth-order valence-corrected chi connectivity index (χ4v) is 1.12. The Morgan fingerprint density at radius 1 is 1.40 bits per heavy atom. The molecule has 3 N–H and O–H groups in total. The highest BCUT2D eigenvalue weighted by molar-refractivity contribution is 5.33. The summed E-state index contributed by atoms with van der Waals surface area (Å²) in [5.41, 5.74) is 3.36. The van der Waals surface area contributed by atoms with Crippen molar-refractivity contribution in [3.05, 3.63) is 23.9 Å². The van der Waals surface area contributed by atoms with Gasteiger partial charge in [0.15, 0.2) is 0 Å². The molecular weight excluding hydrogens is 194 g/mol. The molecule has 84 valence electrons. The maximum atomic E-state index is 5.41. The Hall–Kier alpha value is -1.17. The summed E-state index contributed by atoms with van der Waals surface area (Å²) in [6, 6.07) is 5.58. The molecule has 0 atom stereocenters. The van der Waals surface area contributed by atoms with E-state index >= 15 is 0 Å². The van der Waals surface area contributed by atoms with Crippen LogP contribution in [0.3, 0.4) is 0 Å². The van der Waals surface area contributed by atoms with Crippen LogP contribution in [0.5, 0.6) is 0 Å². The van der Waals surface area contributed by atoms with Gasteiger partial charge < -0.3 is 14.9 Å². The number of hydrogen-bond donors (Lipinski definition) is 2. The molecular formula is C10H17N3O2. The van der Waals surface area contributed by atoms with Crippen LogP contribution in [0.1, 0.15) is 12.1 Å². The first-order valence-electron chi connectivity index (χ1n) is 4.86. The van der Waals surface area contributed by atoms with Crippen molar-refractivity contribution in [2.45, 2.75) is 13.0 Å². The largest absolute Gasteiger partial charge is 0.385 e. The third kappa shape index (κ3) is 4.73. The second kappa shape index (κ2) is 7.17. The highest BCUT2D eigenvalue weighted by Crippen LogP contribution is 2.04. The zero-order chi connectivity index (χ0) is 10.9. The standard InChI is InChI=1S/C10H17N3O2/c1-14-6-3-7-15-8-9-4-2-5-10(12-9)13-11/h2,4-5H,3,6-8,11H2,1H3,(H,12,13). The molecule has 0 aromatic carbocycles. The molecule has 1 heterocycles. The lowest BCUT2D eigenvalue weighted by atomic mass is 10.3. The minimum Gasteiger partial charge on any atom is -0.385 e. The first-order valence-corrected chi connectivity index (χ1v) is 4.86. The van der Waals surface area contributed by atoms with Gasteiger partial charge in [0.25, 0.3) is 0 Å². The predicted octanol–water partition coefficient (Wildman–Crippen LogP) is 0.920. The van der Waals surface area contributed by atoms with E-state index in [1.807, 2.05) is 12.1 Å². The van der Waals surface area contributed by atoms with Crippen LogP contribution in [0.2, 0.25) is 0 Å². The van der Waals surface area contributed by atoms with Gasteiger partial charge in [0.05, 0.1) is 12.3 Å². The number of rotatable bonds is 7. The molecule has 0 spiro atoms. The number of nitrogen functional groups attached to an aromatic ring is 1. The first kappa shape index (κ1) is 11.9. The van der Waals surface area contributed by atoms with Crippen LogP contribution in [-0.2, 0) is 16.1 Å². The van der Waals surface area contributed by atoms with E-state index in [2.05, 4.69) is 10.4 Å².